The van der Waals surface area contributed by atoms with Gasteiger partial charge < -0.3 is 10.1 Å². The van der Waals surface area contributed by atoms with Gasteiger partial charge in [-0.25, -0.2) is 0 Å². The maximum atomic E-state index is 5.69. The minimum absolute atomic E-state index is 0.188. The van der Waals surface area contributed by atoms with E-state index in [0.29, 0.717) is 18.1 Å². The van der Waals surface area contributed by atoms with Gasteiger partial charge in [-0.15, -0.1) is 0 Å². The first-order valence-electron chi connectivity index (χ1n) is 8.66. The lowest BCUT2D eigenvalue weighted by Gasteiger charge is -2.43. The number of pyridine rings is 1. The molecule has 0 amide bonds. The van der Waals surface area contributed by atoms with Gasteiger partial charge in [0, 0.05) is 31.2 Å². The topological polar surface area (TPSA) is 37.4 Å². The molecule has 1 unspecified atom stereocenters. The molecule has 3 atom stereocenters. The Labute approximate surface area is 135 Å². The molecule has 0 aliphatic carbocycles. The third kappa shape index (κ3) is 4.20. The van der Waals surface area contributed by atoms with Gasteiger partial charge in [-0.05, 0) is 45.7 Å². The quantitative estimate of drug-likeness (QED) is 0.874. The fourth-order valence-corrected chi connectivity index (χ4v) is 3.17. The summed E-state index contributed by atoms with van der Waals surface area (Å²) in [6.07, 6.45) is 4.39. The molecule has 124 valence electrons. The van der Waals surface area contributed by atoms with Crippen LogP contribution in [0.3, 0.4) is 0 Å². The van der Waals surface area contributed by atoms with Crippen molar-refractivity contribution in [1.82, 2.24) is 15.2 Å². The SMILES string of the molecule is CC[C@H]1CN(C(C)c2ccc(OC(C)C)cn2)[C@H](CC)CN1. The first-order valence-corrected chi connectivity index (χ1v) is 8.66. The zero-order valence-corrected chi connectivity index (χ0v) is 14.7. The third-order valence-corrected chi connectivity index (χ3v) is 4.56. The number of nitrogens with zero attached hydrogens (tertiary/aromatic N) is 2. The predicted octanol–water partition coefficient (Wildman–Crippen LogP) is 3.39. The van der Waals surface area contributed by atoms with Crippen LogP contribution in [0.2, 0.25) is 0 Å². The Morgan fingerprint density at radius 2 is 2.05 bits per heavy atom. The van der Waals surface area contributed by atoms with Gasteiger partial charge in [0.2, 0.25) is 0 Å². The van der Waals surface area contributed by atoms with Gasteiger partial charge in [-0.1, -0.05) is 13.8 Å². The molecule has 4 nitrogen and oxygen atoms in total. The molecule has 0 bridgehead atoms. The van der Waals surface area contributed by atoms with Crippen LogP contribution in [0.5, 0.6) is 5.75 Å². The second-order valence-electron chi connectivity index (χ2n) is 6.53. The fourth-order valence-electron chi connectivity index (χ4n) is 3.17. The lowest BCUT2D eigenvalue weighted by molar-refractivity contribution is 0.0831. The Bertz CT molecular complexity index is 446. The summed E-state index contributed by atoms with van der Waals surface area (Å²) < 4.78 is 5.69. The summed E-state index contributed by atoms with van der Waals surface area (Å²) in [7, 11) is 0. The highest BCUT2D eigenvalue weighted by molar-refractivity contribution is 5.22. The molecule has 1 aliphatic rings. The summed E-state index contributed by atoms with van der Waals surface area (Å²) >= 11 is 0. The Balaban J connectivity index is 2.09. The van der Waals surface area contributed by atoms with Gasteiger partial charge in [-0.3, -0.25) is 9.88 Å². The summed E-state index contributed by atoms with van der Waals surface area (Å²) in [5.41, 5.74) is 1.13. The average molecular weight is 305 g/mol. The molecule has 1 aliphatic heterocycles. The molecule has 4 heteroatoms. The number of aromatic nitrogens is 1. The van der Waals surface area contributed by atoms with Crippen LogP contribution in [-0.2, 0) is 0 Å². The van der Waals surface area contributed by atoms with E-state index in [1.54, 1.807) is 0 Å². The van der Waals surface area contributed by atoms with Gasteiger partial charge in [-0.2, -0.15) is 0 Å². The van der Waals surface area contributed by atoms with Gasteiger partial charge in [0.1, 0.15) is 5.75 Å². The van der Waals surface area contributed by atoms with Crippen molar-refractivity contribution in [2.75, 3.05) is 13.1 Å². The first-order chi connectivity index (χ1) is 10.5. The molecule has 1 N–H and O–H groups in total. The standard InChI is InChI=1S/C18H31N3O/c1-6-15-12-21(16(7-2)10-19-15)14(5)18-9-8-17(11-20-18)22-13(3)4/h8-9,11,13-16,19H,6-7,10,12H2,1-5H3/t14?,15-,16+/m0/s1. The van der Waals surface area contributed by atoms with E-state index < -0.39 is 0 Å². The van der Waals surface area contributed by atoms with E-state index in [1.807, 2.05) is 26.1 Å². The Morgan fingerprint density at radius 3 is 2.59 bits per heavy atom. The van der Waals surface area contributed by atoms with Gasteiger partial charge in [0.15, 0.2) is 0 Å². The molecule has 1 aromatic rings. The fraction of sp³-hybridized carbons (Fsp3) is 0.722. The van der Waals surface area contributed by atoms with Crippen molar-refractivity contribution in [3.63, 3.8) is 0 Å². The van der Waals surface area contributed by atoms with E-state index in [1.165, 1.54) is 12.8 Å². The number of piperazine rings is 1. The van der Waals surface area contributed by atoms with E-state index in [2.05, 4.69) is 42.0 Å². The lowest BCUT2D eigenvalue weighted by Crippen LogP contribution is -2.56. The third-order valence-electron chi connectivity index (χ3n) is 4.56. The van der Waals surface area contributed by atoms with Crippen LogP contribution in [0, 0.1) is 0 Å². The first kappa shape index (κ1) is 17.2. The van der Waals surface area contributed by atoms with Crippen LogP contribution in [0.25, 0.3) is 0 Å². The second-order valence-corrected chi connectivity index (χ2v) is 6.53. The van der Waals surface area contributed by atoms with Crippen molar-refractivity contribution >= 4 is 0 Å². The van der Waals surface area contributed by atoms with Crippen molar-refractivity contribution in [2.24, 2.45) is 0 Å². The maximum absolute atomic E-state index is 5.69. The summed E-state index contributed by atoms with van der Waals surface area (Å²) in [4.78, 5) is 7.25. The van der Waals surface area contributed by atoms with Crippen LogP contribution in [0.4, 0.5) is 0 Å². The zero-order valence-electron chi connectivity index (χ0n) is 14.7. The van der Waals surface area contributed by atoms with E-state index in [0.717, 1.165) is 24.5 Å². The average Bonchev–Trinajstić information content (AvgIpc) is 2.53. The largest absolute Gasteiger partial charge is 0.489 e. The highest BCUT2D eigenvalue weighted by Gasteiger charge is 2.30. The highest BCUT2D eigenvalue weighted by Crippen LogP contribution is 2.26. The summed E-state index contributed by atoms with van der Waals surface area (Å²) in [6, 6.07) is 5.67. The Kier molecular flexibility index (Phi) is 6.21. The van der Waals surface area contributed by atoms with Gasteiger partial charge >= 0.3 is 0 Å². The van der Waals surface area contributed by atoms with Crippen molar-refractivity contribution < 1.29 is 4.74 Å². The molecule has 0 aromatic carbocycles. The molecule has 1 saturated heterocycles. The molecule has 1 fully saturated rings. The number of ether oxygens (including phenoxy) is 1. The van der Waals surface area contributed by atoms with Crippen LogP contribution in [-0.4, -0.2) is 41.2 Å². The van der Waals surface area contributed by atoms with Crippen LogP contribution in [0.1, 0.15) is 59.2 Å². The van der Waals surface area contributed by atoms with Crippen LogP contribution < -0.4 is 10.1 Å². The highest BCUT2D eigenvalue weighted by atomic mass is 16.5. The van der Waals surface area contributed by atoms with Crippen molar-refractivity contribution in [2.45, 2.75) is 71.7 Å². The normalized spacial score (nSPS) is 24.5. The molecule has 2 rings (SSSR count). The van der Waals surface area contributed by atoms with E-state index >= 15 is 0 Å². The molecule has 0 saturated carbocycles. The molecule has 1 aromatic heterocycles. The van der Waals surface area contributed by atoms with Gasteiger partial charge in [0.25, 0.3) is 0 Å². The lowest BCUT2D eigenvalue weighted by atomic mass is 10.0. The van der Waals surface area contributed by atoms with E-state index in [-0.39, 0.29) is 6.10 Å². The summed E-state index contributed by atoms with van der Waals surface area (Å²) in [5.74, 6) is 0.852. The smallest absolute Gasteiger partial charge is 0.137 e. The minimum Gasteiger partial charge on any atom is -0.489 e. The minimum atomic E-state index is 0.188. The number of hydrogen-bond acceptors (Lipinski definition) is 4. The number of nitrogens with one attached hydrogen (secondary N) is 1. The number of rotatable bonds is 6. The predicted molar refractivity (Wildman–Crippen MR) is 91.3 cm³/mol. The number of hydrogen-bond donors (Lipinski definition) is 1. The Hall–Kier alpha value is -1.13. The second kappa shape index (κ2) is 7.93. The molecule has 0 radical (unpaired) electrons. The molecular weight excluding hydrogens is 274 g/mol. The summed E-state index contributed by atoms with van der Waals surface area (Å²) in [5, 5.41) is 3.65. The van der Waals surface area contributed by atoms with Crippen molar-refractivity contribution in [3.05, 3.63) is 24.0 Å². The molecule has 2 heterocycles. The molecular formula is C18H31N3O. The molecule has 0 spiro atoms. The van der Waals surface area contributed by atoms with Crippen molar-refractivity contribution in [1.29, 1.82) is 0 Å². The maximum Gasteiger partial charge on any atom is 0.137 e. The Morgan fingerprint density at radius 1 is 1.27 bits per heavy atom. The van der Waals surface area contributed by atoms with E-state index in [4.69, 9.17) is 4.74 Å². The monoisotopic (exact) mass is 305 g/mol. The zero-order chi connectivity index (χ0) is 16.1. The van der Waals surface area contributed by atoms with Crippen LogP contribution >= 0.6 is 0 Å². The van der Waals surface area contributed by atoms with Crippen LogP contribution in [0.15, 0.2) is 18.3 Å². The molecule has 22 heavy (non-hydrogen) atoms. The van der Waals surface area contributed by atoms with E-state index in [9.17, 15) is 0 Å². The van der Waals surface area contributed by atoms with Crippen molar-refractivity contribution in [3.8, 4) is 5.75 Å². The summed E-state index contributed by atoms with van der Waals surface area (Å²) in [6.45, 7) is 13.0. The van der Waals surface area contributed by atoms with Gasteiger partial charge in [0.05, 0.1) is 18.0 Å².